The van der Waals surface area contributed by atoms with E-state index in [2.05, 4.69) is 50.4 Å². The van der Waals surface area contributed by atoms with Gasteiger partial charge in [-0.15, -0.1) is 0 Å². The van der Waals surface area contributed by atoms with Crippen LogP contribution in [0, 0.1) is 12.3 Å². The third-order valence-corrected chi connectivity index (χ3v) is 3.73. The number of aromatic hydroxyl groups is 1. The number of rotatable bonds is 4. The molecule has 0 radical (unpaired) electrons. The number of phenolic OH excluding ortho intramolecular Hbond substituents is 1. The van der Waals surface area contributed by atoms with Crippen LogP contribution in [0.5, 0.6) is 5.75 Å². The predicted octanol–water partition coefficient (Wildman–Crippen LogP) is 4.58. The molecule has 112 valence electrons. The molecule has 1 atom stereocenters. The molecule has 1 unspecified atom stereocenters. The van der Waals surface area contributed by atoms with Crippen LogP contribution >= 0.6 is 0 Å². The van der Waals surface area contributed by atoms with E-state index in [9.17, 15) is 5.11 Å². The minimum atomic E-state index is 0.0980. The van der Waals surface area contributed by atoms with E-state index >= 15 is 0 Å². The summed E-state index contributed by atoms with van der Waals surface area (Å²) in [5, 5.41) is 13.6. The fourth-order valence-electron chi connectivity index (χ4n) is 2.64. The lowest BCUT2D eigenvalue weighted by atomic mass is 9.82. The number of aryl methyl sites for hydroxylation is 1. The molecule has 2 nitrogen and oxygen atoms in total. The van der Waals surface area contributed by atoms with E-state index in [1.54, 1.807) is 6.07 Å². The lowest BCUT2D eigenvalue weighted by Crippen LogP contribution is -2.32. The summed E-state index contributed by atoms with van der Waals surface area (Å²) in [5.74, 6) is 0.355. The van der Waals surface area contributed by atoms with Crippen LogP contribution in [0.2, 0.25) is 0 Å². The van der Waals surface area contributed by atoms with E-state index < -0.39 is 0 Å². The van der Waals surface area contributed by atoms with Gasteiger partial charge in [-0.3, -0.25) is 0 Å². The van der Waals surface area contributed by atoms with Gasteiger partial charge >= 0.3 is 0 Å². The Bertz CT molecular complexity index is 584. The summed E-state index contributed by atoms with van der Waals surface area (Å²) in [7, 11) is 0. The Labute approximate surface area is 127 Å². The third-order valence-electron chi connectivity index (χ3n) is 3.73. The minimum absolute atomic E-state index is 0.0980. The van der Waals surface area contributed by atoms with Gasteiger partial charge in [0.2, 0.25) is 0 Å². The standard InChI is InChI=1S/C19H25NO/c1-14-10-11-17(21)16(12-14)13-20-18(19(2,3)4)15-8-6-5-7-9-15/h5-12,18,20-21H,13H2,1-4H3. The van der Waals surface area contributed by atoms with Gasteiger partial charge in [0.15, 0.2) is 0 Å². The number of hydrogen-bond donors (Lipinski definition) is 2. The molecule has 0 aliphatic heterocycles. The summed E-state index contributed by atoms with van der Waals surface area (Å²) in [6.07, 6.45) is 0. The molecule has 2 heteroatoms. The Morgan fingerprint density at radius 2 is 1.71 bits per heavy atom. The van der Waals surface area contributed by atoms with Crippen molar-refractivity contribution in [3.63, 3.8) is 0 Å². The summed E-state index contributed by atoms with van der Waals surface area (Å²) in [6.45, 7) is 9.39. The highest BCUT2D eigenvalue weighted by molar-refractivity contribution is 5.35. The summed E-state index contributed by atoms with van der Waals surface area (Å²) in [5.41, 5.74) is 3.48. The normalized spacial score (nSPS) is 13.1. The second kappa shape index (κ2) is 6.31. The maximum Gasteiger partial charge on any atom is 0.120 e. The minimum Gasteiger partial charge on any atom is -0.508 e. The van der Waals surface area contributed by atoms with Crippen LogP contribution in [-0.4, -0.2) is 5.11 Å². The van der Waals surface area contributed by atoms with E-state index in [1.807, 2.05) is 25.1 Å². The first kappa shape index (κ1) is 15.6. The Morgan fingerprint density at radius 1 is 1.05 bits per heavy atom. The van der Waals surface area contributed by atoms with Crippen molar-refractivity contribution in [1.82, 2.24) is 5.32 Å². The second-order valence-corrected chi connectivity index (χ2v) is 6.72. The van der Waals surface area contributed by atoms with Crippen LogP contribution in [0.1, 0.15) is 43.5 Å². The quantitative estimate of drug-likeness (QED) is 0.861. The van der Waals surface area contributed by atoms with Crippen molar-refractivity contribution in [2.75, 3.05) is 0 Å². The third kappa shape index (κ3) is 4.08. The highest BCUT2D eigenvalue weighted by Crippen LogP contribution is 2.33. The Kier molecular flexibility index (Phi) is 4.69. The van der Waals surface area contributed by atoms with Gasteiger partial charge in [0.05, 0.1) is 0 Å². The van der Waals surface area contributed by atoms with Gasteiger partial charge in [-0.25, -0.2) is 0 Å². The van der Waals surface area contributed by atoms with Gasteiger partial charge in [-0.05, 0) is 24.0 Å². The summed E-state index contributed by atoms with van der Waals surface area (Å²) in [6, 6.07) is 16.4. The van der Waals surface area contributed by atoms with Crippen LogP contribution in [-0.2, 0) is 6.54 Å². The van der Waals surface area contributed by atoms with E-state index in [1.165, 1.54) is 5.56 Å². The van der Waals surface area contributed by atoms with E-state index in [0.29, 0.717) is 12.3 Å². The van der Waals surface area contributed by atoms with E-state index in [0.717, 1.165) is 11.1 Å². The van der Waals surface area contributed by atoms with Gasteiger partial charge in [0, 0.05) is 18.2 Å². The van der Waals surface area contributed by atoms with E-state index in [-0.39, 0.29) is 11.5 Å². The highest BCUT2D eigenvalue weighted by Gasteiger charge is 2.25. The lowest BCUT2D eigenvalue weighted by molar-refractivity contribution is 0.270. The molecular formula is C19H25NO. The second-order valence-electron chi connectivity index (χ2n) is 6.72. The molecule has 0 saturated carbocycles. The van der Waals surface area contributed by atoms with Crippen molar-refractivity contribution in [3.05, 3.63) is 65.2 Å². The molecule has 0 spiro atoms. The fourth-order valence-corrected chi connectivity index (χ4v) is 2.64. The molecule has 0 aliphatic rings. The average Bonchev–Trinajstić information content (AvgIpc) is 2.42. The Hall–Kier alpha value is -1.80. The number of nitrogens with one attached hydrogen (secondary N) is 1. The van der Waals surface area contributed by atoms with Gasteiger partial charge < -0.3 is 10.4 Å². The zero-order chi connectivity index (χ0) is 15.5. The van der Waals surface area contributed by atoms with Gasteiger partial charge in [-0.1, -0.05) is 68.8 Å². The van der Waals surface area contributed by atoms with Crippen LogP contribution in [0.4, 0.5) is 0 Å². The summed E-state index contributed by atoms with van der Waals surface area (Å²) in [4.78, 5) is 0. The highest BCUT2D eigenvalue weighted by atomic mass is 16.3. The van der Waals surface area contributed by atoms with Crippen LogP contribution in [0.3, 0.4) is 0 Å². The van der Waals surface area contributed by atoms with Crippen molar-refractivity contribution in [1.29, 1.82) is 0 Å². The molecule has 0 aromatic heterocycles. The molecule has 0 amide bonds. The molecule has 0 saturated heterocycles. The van der Waals surface area contributed by atoms with Gasteiger partial charge in [0.25, 0.3) is 0 Å². The first-order valence-electron chi connectivity index (χ1n) is 7.45. The topological polar surface area (TPSA) is 32.3 Å². The van der Waals surface area contributed by atoms with Crippen LogP contribution in [0.15, 0.2) is 48.5 Å². The van der Waals surface area contributed by atoms with Crippen molar-refractivity contribution in [2.45, 2.75) is 40.3 Å². The molecule has 2 aromatic carbocycles. The number of hydrogen-bond acceptors (Lipinski definition) is 2. The van der Waals surface area contributed by atoms with Crippen molar-refractivity contribution < 1.29 is 5.11 Å². The molecule has 2 rings (SSSR count). The zero-order valence-corrected chi connectivity index (χ0v) is 13.4. The molecule has 0 fully saturated rings. The first-order valence-corrected chi connectivity index (χ1v) is 7.45. The Morgan fingerprint density at radius 3 is 2.33 bits per heavy atom. The van der Waals surface area contributed by atoms with Crippen molar-refractivity contribution in [2.24, 2.45) is 5.41 Å². The SMILES string of the molecule is Cc1ccc(O)c(CNC(c2ccccc2)C(C)(C)C)c1. The smallest absolute Gasteiger partial charge is 0.120 e. The molecular weight excluding hydrogens is 258 g/mol. The van der Waals surface area contributed by atoms with Crippen molar-refractivity contribution >= 4 is 0 Å². The maximum absolute atomic E-state index is 9.98. The molecule has 21 heavy (non-hydrogen) atoms. The lowest BCUT2D eigenvalue weighted by Gasteiger charge is -2.32. The largest absolute Gasteiger partial charge is 0.508 e. The predicted molar refractivity (Wildman–Crippen MR) is 88.3 cm³/mol. The molecule has 2 N–H and O–H groups in total. The van der Waals surface area contributed by atoms with Crippen LogP contribution in [0.25, 0.3) is 0 Å². The number of phenols is 1. The first-order chi connectivity index (χ1) is 9.88. The molecule has 0 bridgehead atoms. The Balaban J connectivity index is 2.19. The van der Waals surface area contributed by atoms with Gasteiger partial charge in [-0.2, -0.15) is 0 Å². The average molecular weight is 283 g/mol. The van der Waals surface area contributed by atoms with Crippen molar-refractivity contribution in [3.8, 4) is 5.75 Å². The van der Waals surface area contributed by atoms with Crippen LogP contribution < -0.4 is 5.32 Å². The van der Waals surface area contributed by atoms with E-state index in [4.69, 9.17) is 0 Å². The maximum atomic E-state index is 9.98. The molecule has 0 aliphatic carbocycles. The monoisotopic (exact) mass is 283 g/mol. The zero-order valence-electron chi connectivity index (χ0n) is 13.4. The fraction of sp³-hybridized carbons (Fsp3) is 0.368. The summed E-state index contributed by atoms with van der Waals surface area (Å²) >= 11 is 0. The van der Waals surface area contributed by atoms with Gasteiger partial charge in [0.1, 0.15) is 5.75 Å². The molecule has 0 heterocycles. The molecule has 2 aromatic rings. The summed E-state index contributed by atoms with van der Waals surface area (Å²) < 4.78 is 0. The number of benzene rings is 2.